The van der Waals surface area contributed by atoms with Gasteiger partial charge in [-0.1, -0.05) is 18.2 Å². The van der Waals surface area contributed by atoms with Gasteiger partial charge in [0.15, 0.2) is 0 Å². The topological polar surface area (TPSA) is 41.5 Å². The molecule has 0 aliphatic rings. The van der Waals surface area contributed by atoms with Crippen molar-refractivity contribution in [3.05, 3.63) is 65.0 Å². The van der Waals surface area contributed by atoms with Gasteiger partial charge in [0.05, 0.1) is 13.2 Å². The van der Waals surface area contributed by atoms with E-state index in [4.69, 9.17) is 9.84 Å². The second kappa shape index (κ2) is 7.92. The van der Waals surface area contributed by atoms with Crippen LogP contribution in [-0.2, 0) is 13.2 Å². The molecular weight excluding hydrogens is 281 g/mol. The third kappa shape index (κ3) is 4.29. The Hall–Kier alpha value is -1.91. The molecule has 2 N–H and O–H groups in total. The van der Waals surface area contributed by atoms with Gasteiger partial charge in [0.2, 0.25) is 0 Å². The summed E-state index contributed by atoms with van der Waals surface area (Å²) in [6.45, 7) is 4.99. The van der Waals surface area contributed by atoms with Crippen molar-refractivity contribution >= 4 is 0 Å². The Labute approximate surface area is 130 Å². The van der Waals surface area contributed by atoms with E-state index in [9.17, 15) is 4.39 Å². The van der Waals surface area contributed by atoms with Crippen LogP contribution in [0.4, 0.5) is 4.39 Å². The fourth-order valence-electron chi connectivity index (χ4n) is 2.29. The monoisotopic (exact) mass is 303 g/mol. The lowest BCUT2D eigenvalue weighted by molar-refractivity contribution is 0.275. The Bertz CT molecular complexity index is 616. The molecule has 0 saturated carbocycles. The normalized spacial score (nSPS) is 12.2. The zero-order valence-corrected chi connectivity index (χ0v) is 13.0. The maximum absolute atomic E-state index is 13.4. The van der Waals surface area contributed by atoms with E-state index in [1.165, 1.54) is 6.07 Å². The maximum Gasteiger partial charge on any atom is 0.128 e. The smallest absolute Gasteiger partial charge is 0.128 e. The molecule has 1 unspecified atom stereocenters. The highest BCUT2D eigenvalue weighted by Gasteiger charge is 2.07. The molecule has 0 fully saturated rings. The quantitative estimate of drug-likeness (QED) is 0.821. The van der Waals surface area contributed by atoms with Crippen LogP contribution in [0.3, 0.4) is 0 Å². The number of halogens is 1. The molecule has 0 aliphatic heterocycles. The summed E-state index contributed by atoms with van der Waals surface area (Å²) in [7, 11) is 0. The summed E-state index contributed by atoms with van der Waals surface area (Å²) in [6.07, 6.45) is 0. The number of aliphatic hydroxyl groups excluding tert-OH is 1. The number of nitrogens with one attached hydrogen (secondary N) is 1. The molecule has 0 radical (unpaired) electrons. The highest BCUT2D eigenvalue weighted by molar-refractivity contribution is 5.30. The maximum atomic E-state index is 13.4. The second-order valence-corrected chi connectivity index (χ2v) is 5.19. The van der Waals surface area contributed by atoms with E-state index in [0.29, 0.717) is 18.7 Å². The predicted molar refractivity (Wildman–Crippen MR) is 85.2 cm³/mol. The van der Waals surface area contributed by atoms with Crippen LogP contribution < -0.4 is 10.1 Å². The lowest BCUT2D eigenvalue weighted by Gasteiger charge is -2.16. The van der Waals surface area contributed by atoms with Gasteiger partial charge in [-0.25, -0.2) is 4.39 Å². The molecule has 2 rings (SSSR count). The second-order valence-electron chi connectivity index (χ2n) is 5.19. The molecule has 0 spiro atoms. The summed E-state index contributed by atoms with van der Waals surface area (Å²) < 4.78 is 18.9. The van der Waals surface area contributed by atoms with Crippen LogP contribution >= 0.6 is 0 Å². The molecule has 22 heavy (non-hydrogen) atoms. The molecule has 0 amide bonds. The first kappa shape index (κ1) is 16.5. The van der Waals surface area contributed by atoms with Crippen LogP contribution in [0.2, 0.25) is 0 Å². The third-order valence-electron chi connectivity index (χ3n) is 3.56. The van der Waals surface area contributed by atoms with Gasteiger partial charge >= 0.3 is 0 Å². The Kier molecular flexibility index (Phi) is 5.92. The van der Waals surface area contributed by atoms with E-state index in [1.807, 2.05) is 31.2 Å². The molecule has 118 valence electrons. The zero-order valence-electron chi connectivity index (χ0n) is 13.0. The summed E-state index contributed by atoms with van der Waals surface area (Å²) in [5.74, 6) is 0.488. The first-order valence-corrected chi connectivity index (χ1v) is 7.48. The molecule has 0 aromatic heterocycles. The zero-order chi connectivity index (χ0) is 15.9. The van der Waals surface area contributed by atoms with Crippen molar-refractivity contribution < 1.29 is 14.2 Å². The molecule has 2 aromatic rings. The van der Waals surface area contributed by atoms with Crippen molar-refractivity contribution in [2.45, 2.75) is 33.0 Å². The molecule has 0 bridgehead atoms. The van der Waals surface area contributed by atoms with Crippen molar-refractivity contribution in [1.82, 2.24) is 5.32 Å². The van der Waals surface area contributed by atoms with Crippen LogP contribution in [0.1, 0.15) is 36.6 Å². The highest BCUT2D eigenvalue weighted by atomic mass is 19.1. The van der Waals surface area contributed by atoms with Crippen LogP contribution in [0, 0.1) is 5.82 Å². The van der Waals surface area contributed by atoms with Gasteiger partial charge in [-0.3, -0.25) is 0 Å². The van der Waals surface area contributed by atoms with Crippen molar-refractivity contribution in [2.24, 2.45) is 0 Å². The van der Waals surface area contributed by atoms with Crippen LogP contribution in [0.25, 0.3) is 0 Å². The molecule has 0 saturated heterocycles. The molecule has 0 aliphatic carbocycles. The molecule has 4 heteroatoms. The minimum Gasteiger partial charge on any atom is -0.494 e. The van der Waals surface area contributed by atoms with E-state index in [1.54, 1.807) is 12.1 Å². The first-order valence-electron chi connectivity index (χ1n) is 7.48. The Balaban J connectivity index is 2.00. The Morgan fingerprint density at radius 2 is 2.05 bits per heavy atom. The summed E-state index contributed by atoms with van der Waals surface area (Å²) in [4.78, 5) is 0. The first-order chi connectivity index (χ1) is 10.6. The number of rotatable bonds is 7. The van der Waals surface area contributed by atoms with Gasteiger partial charge in [-0.2, -0.15) is 0 Å². The number of ether oxygens (including phenoxy) is 1. The third-order valence-corrected chi connectivity index (χ3v) is 3.56. The van der Waals surface area contributed by atoms with E-state index >= 15 is 0 Å². The fraction of sp³-hybridized carbons (Fsp3) is 0.333. The van der Waals surface area contributed by atoms with E-state index in [-0.39, 0.29) is 18.5 Å². The highest BCUT2D eigenvalue weighted by Crippen LogP contribution is 2.20. The van der Waals surface area contributed by atoms with Crippen molar-refractivity contribution in [1.29, 1.82) is 0 Å². The van der Waals surface area contributed by atoms with Gasteiger partial charge in [-0.15, -0.1) is 0 Å². The molecule has 0 heterocycles. The van der Waals surface area contributed by atoms with Crippen molar-refractivity contribution in [2.75, 3.05) is 6.61 Å². The average Bonchev–Trinajstić information content (AvgIpc) is 2.54. The predicted octanol–water partition coefficient (Wildman–Crippen LogP) is 3.57. The molecule has 1 atom stereocenters. The van der Waals surface area contributed by atoms with Gasteiger partial charge in [-0.05, 0) is 49.2 Å². The number of hydrogen-bond donors (Lipinski definition) is 2. The molecule has 2 aromatic carbocycles. The SMILES string of the molecule is CCOc1cccc(C(C)NCc2ccc(F)c(CO)c2)c1. The summed E-state index contributed by atoms with van der Waals surface area (Å²) in [6, 6.07) is 12.9. The minimum absolute atomic E-state index is 0.142. The lowest BCUT2D eigenvalue weighted by atomic mass is 10.1. The average molecular weight is 303 g/mol. The Morgan fingerprint density at radius 1 is 1.23 bits per heavy atom. The number of aliphatic hydroxyl groups is 1. The van der Waals surface area contributed by atoms with E-state index in [2.05, 4.69) is 12.2 Å². The minimum atomic E-state index is -0.372. The van der Waals surface area contributed by atoms with Gasteiger partial charge in [0.1, 0.15) is 11.6 Å². The summed E-state index contributed by atoms with van der Waals surface area (Å²) >= 11 is 0. The van der Waals surface area contributed by atoms with E-state index in [0.717, 1.165) is 16.9 Å². The number of hydrogen-bond acceptors (Lipinski definition) is 3. The Morgan fingerprint density at radius 3 is 2.77 bits per heavy atom. The van der Waals surface area contributed by atoms with Gasteiger partial charge < -0.3 is 15.2 Å². The van der Waals surface area contributed by atoms with Crippen molar-refractivity contribution in [3.63, 3.8) is 0 Å². The van der Waals surface area contributed by atoms with Crippen LogP contribution in [-0.4, -0.2) is 11.7 Å². The largest absolute Gasteiger partial charge is 0.494 e. The van der Waals surface area contributed by atoms with Gasteiger partial charge in [0, 0.05) is 18.2 Å². The van der Waals surface area contributed by atoms with E-state index < -0.39 is 0 Å². The van der Waals surface area contributed by atoms with Crippen LogP contribution in [0.15, 0.2) is 42.5 Å². The van der Waals surface area contributed by atoms with Crippen LogP contribution in [0.5, 0.6) is 5.75 Å². The summed E-state index contributed by atoms with van der Waals surface area (Å²) in [5.41, 5.74) is 2.40. The fourth-order valence-corrected chi connectivity index (χ4v) is 2.29. The van der Waals surface area contributed by atoms with Crippen molar-refractivity contribution in [3.8, 4) is 5.75 Å². The molecule has 3 nitrogen and oxygen atoms in total. The van der Waals surface area contributed by atoms with Gasteiger partial charge in [0.25, 0.3) is 0 Å². The standard InChI is InChI=1S/C18H22FNO2/c1-3-22-17-6-4-5-15(10-17)13(2)20-11-14-7-8-18(19)16(9-14)12-21/h4-10,13,20-21H,3,11-12H2,1-2H3. The summed E-state index contributed by atoms with van der Waals surface area (Å²) in [5, 5.41) is 12.5. The number of benzene rings is 2. The molecular formula is C18H22FNO2. The lowest BCUT2D eigenvalue weighted by Crippen LogP contribution is -2.18.